The smallest absolute Gasteiger partial charge is 0.299 e. The van der Waals surface area contributed by atoms with Gasteiger partial charge >= 0.3 is 0 Å². The van der Waals surface area contributed by atoms with E-state index in [9.17, 15) is 9.90 Å². The molecule has 16 heavy (non-hydrogen) atoms. The average molecular weight is 225 g/mol. The lowest BCUT2D eigenvalue weighted by atomic mass is 10.1. The van der Waals surface area contributed by atoms with E-state index < -0.39 is 11.7 Å². The first kappa shape index (κ1) is 11.8. The van der Waals surface area contributed by atoms with Gasteiger partial charge in [-0.15, -0.1) is 0 Å². The van der Waals surface area contributed by atoms with Crippen LogP contribution >= 0.6 is 0 Å². The zero-order valence-corrected chi connectivity index (χ0v) is 8.80. The molecule has 6 heteroatoms. The van der Waals surface area contributed by atoms with Crippen LogP contribution in [0.15, 0.2) is 23.4 Å². The highest BCUT2D eigenvalue weighted by molar-refractivity contribution is 6.44. The Morgan fingerprint density at radius 2 is 2.06 bits per heavy atom. The Morgan fingerprint density at radius 3 is 2.56 bits per heavy atom. The summed E-state index contributed by atoms with van der Waals surface area (Å²) in [6.07, 6.45) is 0. The summed E-state index contributed by atoms with van der Waals surface area (Å²) >= 11 is 0. The van der Waals surface area contributed by atoms with Crippen LogP contribution in [-0.2, 0) is 4.74 Å². The minimum absolute atomic E-state index is 0.111. The SMILES string of the molecule is COC(=NO)C(=O)c1c(O)cccc1OC. The van der Waals surface area contributed by atoms with Gasteiger partial charge in [-0.1, -0.05) is 6.07 Å². The van der Waals surface area contributed by atoms with Crippen molar-refractivity contribution in [2.45, 2.75) is 0 Å². The van der Waals surface area contributed by atoms with Crippen molar-refractivity contribution in [3.8, 4) is 11.5 Å². The molecule has 0 amide bonds. The normalized spacial score (nSPS) is 11.0. The Morgan fingerprint density at radius 1 is 1.38 bits per heavy atom. The molecule has 1 aromatic rings. The number of ketones is 1. The molecule has 0 saturated carbocycles. The van der Waals surface area contributed by atoms with E-state index in [1.165, 1.54) is 32.4 Å². The number of oxime groups is 1. The van der Waals surface area contributed by atoms with E-state index in [1.807, 2.05) is 0 Å². The summed E-state index contributed by atoms with van der Waals surface area (Å²) in [4.78, 5) is 11.8. The van der Waals surface area contributed by atoms with E-state index in [4.69, 9.17) is 9.94 Å². The molecule has 1 rings (SSSR count). The van der Waals surface area contributed by atoms with Gasteiger partial charge in [0.1, 0.15) is 17.1 Å². The second-order valence-electron chi connectivity index (χ2n) is 2.79. The molecular formula is C10H11NO5. The maximum absolute atomic E-state index is 11.8. The summed E-state index contributed by atoms with van der Waals surface area (Å²) in [5, 5.41) is 20.7. The molecule has 0 aliphatic carbocycles. The molecule has 0 atom stereocenters. The van der Waals surface area contributed by atoms with Crippen LogP contribution in [0.5, 0.6) is 11.5 Å². The summed E-state index contributed by atoms with van der Waals surface area (Å²) in [5.41, 5.74) is -0.111. The van der Waals surface area contributed by atoms with Crippen LogP contribution in [-0.4, -0.2) is 36.2 Å². The molecule has 0 bridgehead atoms. The molecule has 0 radical (unpaired) electrons. The van der Waals surface area contributed by atoms with Gasteiger partial charge in [0, 0.05) is 0 Å². The zero-order chi connectivity index (χ0) is 12.1. The number of carbonyl (C=O) groups excluding carboxylic acids is 1. The summed E-state index contributed by atoms with van der Waals surface area (Å²) in [6.45, 7) is 0. The molecule has 6 nitrogen and oxygen atoms in total. The van der Waals surface area contributed by atoms with Gasteiger partial charge < -0.3 is 19.8 Å². The lowest BCUT2D eigenvalue weighted by Gasteiger charge is -2.08. The van der Waals surface area contributed by atoms with Crippen molar-refractivity contribution in [2.24, 2.45) is 5.16 Å². The molecule has 0 heterocycles. The quantitative estimate of drug-likeness (QED) is 0.263. The number of ether oxygens (including phenoxy) is 2. The lowest BCUT2D eigenvalue weighted by molar-refractivity contribution is 0.102. The average Bonchev–Trinajstić information content (AvgIpc) is 2.29. The van der Waals surface area contributed by atoms with Gasteiger partial charge in [0.05, 0.1) is 14.2 Å². The van der Waals surface area contributed by atoms with E-state index in [1.54, 1.807) is 0 Å². The Kier molecular flexibility index (Phi) is 3.71. The predicted octanol–water partition coefficient (Wildman–Crippen LogP) is 1.02. The van der Waals surface area contributed by atoms with E-state index in [-0.39, 0.29) is 17.1 Å². The van der Waals surface area contributed by atoms with Gasteiger partial charge in [-0.05, 0) is 17.3 Å². The molecule has 2 N–H and O–H groups in total. The van der Waals surface area contributed by atoms with Crippen LogP contribution in [0.1, 0.15) is 10.4 Å². The number of hydrogen-bond donors (Lipinski definition) is 2. The molecule has 0 saturated heterocycles. The van der Waals surface area contributed by atoms with E-state index in [0.29, 0.717) is 0 Å². The summed E-state index contributed by atoms with van der Waals surface area (Å²) in [6, 6.07) is 4.34. The van der Waals surface area contributed by atoms with E-state index >= 15 is 0 Å². The number of phenols is 1. The van der Waals surface area contributed by atoms with Crippen LogP contribution in [0.2, 0.25) is 0 Å². The lowest BCUT2D eigenvalue weighted by Crippen LogP contribution is -2.17. The standard InChI is InChI=1S/C10H11NO5/c1-15-7-5-3-4-6(12)8(7)9(13)10(11-14)16-2/h3-5,12,14H,1-2H3. The van der Waals surface area contributed by atoms with Gasteiger partial charge in [-0.2, -0.15) is 0 Å². The second-order valence-corrected chi connectivity index (χ2v) is 2.79. The third-order valence-corrected chi connectivity index (χ3v) is 1.93. The highest BCUT2D eigenvalue weighted by atomic mass is 16.5. The topological polar surface area (TPSA) is 88.4 Å². The fourth-order valence-electron chi connectivity index (χ4n) is 1.20. The van der Waals surface area contributed by atoms with Crippen LogP contribution in [0, 0.1) is 0 Å². The van der Waals surface area contributed by atoms with Crippen molar-refractivity contribution in [1.29, 1.82) is 0 Å². The Bertz CT molecular complexity index is 427. The first-order valence-electron chi connectivity index (χ1n) is 4.32. The number of Topliss-reactive ketones (excluding diaryl/α,β-unsaturated/α-hetero) is 1. The predicted molar refractivity (Wildman–Crippen MR) is 55.2 cm³/mol. The monoisotopic (exact) mass is 225 g/mol. The highest BCUT2D eigenvalue weighted by Crippen LogP contribution is 2.27. The van der Waals surface area contributed by atoms with Gasteiger partial charge in [-0.25, -0.2) is 0 Å². The van der Waals surface area contributed by atoms with Crippen LogP contribution < -0.4 is 4.74 Å². The fourth-order valence-corrected chi connectivity index (χ4v) is 1.20. The Labute approximate surface area is 91.7 Å². The van der Waals surface area contributed by atoms with Crippen LogP contribution in [0.4, 0.5) is 0 Å². The molecule has 1 aromatic carbocycles. The van der Waals surface area contributed by atoms with Gasteiger partial charge in [0.25, 0.3) is 11.7 Å². The summed E-state index contributed by atoms with van der Waals surface area (Å²) in [5.74, 6) is -1.40. The van der Waals surface area contributed by atoms with E-state index in [0.717, 1.165) is 0 Å². The van der Waals surface area contributed by atoms with Crippen LogP contribution in [0.25, 0.3) is 0 Å². The number of carbonyl (C=O) groups is 1. The third-order valence-electron chi connectivity index (χ3n) is 1.93. The molecule has 0 fully saturated rings. The number of nitrogens with zero attached hydrogens (tertiary/aromatic N) is 1. The zero-order valence-electron chi connectivity index (χ0n) is 8.80. The second kappa shape index (κ2) is 5.01. The van der Waals surface area contributed by atoms with Crippen molar-refractivity contribution in [3.05, 3.63) is 23.8 Å². The molecule has 0 aliphatic heterocycles. The molecule has 0 aromatic heterocycles. The molecule has 0 unspecified atom stereocenters. The summed E-state index contributed by atoms with van der Waals surface area (Å²) < 4.78 is 9.47. The molecule has 0 aliphatic rings. The Balaban J connectivity index is 3.27. The molecule has 86 valence electrons. The molecular weight excluding hydrogens is 214 g/mol. The number of aromatic hydroxyl groups is 1. The van der Waals surface area contributed by atoms with Gasteiger partial charge in [0.2, 0.25) is 0 Å². The summed E-state index contributed by atoms with van der Waals surface area (Å²) in [7, 11) is 2.54. The van der Waals surface area contributed by atoms with Crippen molar-refractivity contribution in [3.63, 3.8) is 0 Å². The highest BCUT2D eigenvalue weighted by Gasteiger charge is 2.23. The fraction of sp³-hybridized carbons (Fsp3) is 0.200. The van der Waals surface area contributed by atoms with Crippen molar-refractivity contribution in [1.82, 2.24) is 0 Å². The van der Waals surface area contributed by atoms with Gasteiger partial charge in [0.15, 0.2) is 0 Å². The van der Waals surface area contributed by atoms with Gasteiger partial charge in [-0.3, -0.25) is 4.79 Å². The molecule has 0 spiro atoms. The van der Waals surface area contributed by atoms with Crippen molar-refractivity contribution in [2.75, 3.05) is 14.2 Å². The van der Waals surface area contributed by atoms with Crippen molar-refractivity contribution < 1.29 is 24.6 Å². The maximum atomic E-state index is 11.8. The first-order valence-corrected chi connectivity index (χ1v) is 4.32. The van der Waals surface area contributed by atoms with E-state index in [2.05, 4.69) is 9.89 Å². The maximum Gasteiger partial charge on any atom is 0.299 e. The minimum atomic E-state index is -0.764. The first-order chi connectivity index (χ1) is 7.65. The largest absolute Gasteiger partial charge is 0.507 e. The number of rotatable bonds is 3. The Hall–Kier alpha value is -2.24. The number of phenolic OH excluding ortho intramolecular Hbond substituents is 1. The number of benzene rings is 1. The van der Waals surface area contributed by atoms with Crippen molar-refractivity contribution >= 4 is 11.7 Å². The third kappa shape index (κ3) is 2.05. The minimum Gasteiger partial charge on any atom is -0.507 e. The van der Waals surface area contributed by atoms with Crippen LogP contribution in [0.3, 0.4) is 0 Å². The number of methoxy groups -OCH3 is 2. The number of hydrogen-bond acceptors (Lipinski definition) is 6.